The van der Waals surface area contributed by atoms with Gasteiger partial charge in [0.1, 0.15) is 0 Å². The summed E-state index contributed by atoms with van der Waals surface area (Å²) in [6, 6.07) is 11.0. The first kappa shape index (κ1) is 15.6. The van der Waals surface area contributed by atoms with Gasteiger partial charge in [0.25, 0.3) is 5.91 Å². The van der Waals surface area contributed by atoms with Crippen LogP contribution in [0, 0.1) is 10.5 Å². The predicted octanol–water partition coefficient (Wildman–Crippen LogP) is 3.87. The number of carbonyl (C=O) groups is 1. The molecule has 0 aromatic heterocycles. The molecule has 0 radical (unpaired) electrons. The van der Waals surface area contributed by atoms with Gasteiger partial charge in [0.15, 0.2) is 11.5 Å². The standard InChI is InChI=1S/C16H16INO3/c1-10-8-14(20-2)15(21-3)9-13(10)18-16(19)11-4-6-12(17)7-5-11/h4-9H,1-3H3,(H,18,19). The number of ether oxygens (including phenoxy) is 2. The number of nitrogens with one attached hydrogen (secondary N) is 1. The molecule has 0 heterocycles. The second-order valence-electron chi connectivity index (χ2n) is 4.48. The maximum Gasteiger partial charge on any atom is 0.255 e. The van der Waals surface area contributed by atoms with Gasteiger partial charge in [-0.1, -0.05) is 0 Å². The van der Waals surface area contributed by atoms with Crippen molar-refractivity contribution in [2.24, 2.45) is 0 Å². The van der Waals surface area contributed by atoms with Crippen LogP contribution in [0.3, 0.4) is 0 Å². The van der Waals surface area contributed by atoms with Crippen LogP contribution in [-0.4, -0.2) is 20.1 Å². The lowest BCUT2D eigenvalue weighted by atomic mass is 10.1. The third-order valence-electron chi connectivity index (χ3n) is 3.09. The van der Waals surface area contributed by atoms with Crippen molar-refractivity contribution in [3.8, 4) is 11.5 Å². The number of hydrogen-bond acceptors (Lipinski definition) is 3. The first-order valence-electron chi connectivity index (χ1n) is 6.34. The molecule has 21 heavy (non-hydrogen) atoms. The molecule has 0 aliphatic carbocycles. The number of anilines is 1. The van der Waals surface area contributed by atoms with Gasteiger partial charge >= 0.3 is 0 Å². The van der Waals surface area contributed by atoms with E-state index >= 15 is 0 Å². The molecule has 0 fully saturated rings. The van der Waals surface area contributed by atoms with E-state index in [9.17, 15) is 4.79 Å². The molecule has 2 aromatic rings. The normalized spacial score (nSPS) is 10.1. The molecular weight excluding hydrogens is 381 g/mol. The molecule has 0 atom stereocenters. The fourth-order valence-corrected chi connectivity index (χ4v) is 2.27. The number of hydrogen-bond donors (Lipinski definition) is 1. The summed E-state index contributed by atoms with van der Waals surface area (Å²) in [6.07, 6.45) is 0. The van der Waals surface area contributed by atoms with Gasteiger partial charge in [-0.05, 0) is 65.4 Å². The molecule has 1 N–H and O–H groups in total. The van der Waals surface area contributed by atoms with Crippen LogP contribution in [0.4, 0.5) is 5.69 Å². The number of carbonyl (C=O) groups excluding carboxylic acids is 1. The van der Waals surface area contributed by atoms with Gasteiger partial charge in [0, 0.05) is 20.9 Å². The molecule has 0 aliphatic heterocycles. The third-order valence-corrected chi connectivity index (χ3v) is 3.80. The zero-order chi connectivity index (χ0) is 15.4. The van der Waals surface area contributed by atoms with Crippen LogP contribution in [-0.2, 0) is 0 Å². The summed E-state index contributed by atoms with van der Waals surface area (Å²) in [5, 5.41) is 2.90. The molecule has 2 aromatic carbocycles. The first-order valence-corrected chi connectivity index (χ1v) is 7.42. The van der Waals surface area contributed by atoms with Gasteiger partial charge in [-0.15, -0.1) is 0 Å². The van der Waals surface area contributed by atoms with E-state index in [4.69, 9.17) is 9.47 Å². The summed E-state index contributed by atoms with van der Waals surface area (Å²) >= 11 is 2.20. The van der Waals surface area contributed by atoms with Crippen LogP contribution in [0.5, 0.6) is 11.5 Å². The minimum absolute atomic E-state index is 0.151. The van der Waals surface area contributed by atoms with Gasteiger partial charge in [0.05, 0.1) is 14.2 Å². The highest BCUT2D eigenvalue weighted by Crippen LogP contribution is 2.33. The van der Waals surface area contributed by atoms with Crippen molar-refractivity contribution < 1.29 is 14.3 Å². The van der Waals surface area contributed by atoms with Crippen molar-refractivity contribution >= 4 is 34.2 Å². The molecular formula is C16H16INO3. The summed E-state index contributed by atoms with van der Waals surface area (Å²) in [5.41, 5.74) is 2.23. The average molecular weight is 397 g/mol. The van der Waals surface area contributed by atoms with Crippen LogP contribution in [0.1, 0.15) is 15.9 Å². The Kier molecular flexibility index (Phi) is 5.06. The van der Waals surface area contributed by atoms with Crippen LogP contribution in [0.25, 0.3) is 0 Å². The van der Waals surface area contributed by atoms with Crippen molar-refractivity contribution in [1.82, 2.24) is 0 Å². The fraction of sp³-hybridized carbons (Fsp3) is 0.188. The molecule has 2 rings (SSSR count). The average Bonchev–Trinajstić information content (AvgIpc) is 2.49. The highest BCUT2D eigenvalue weighted by molar-refractivity contribution is 14.1. The van der Waals surface area contributed by atoms with E-state index in [1.807, 2.05) is 25.1 Å². The molecule has 0 spiro atoms. The molecule has 5 heteroatoms. The van der Waals surface area contributed by atoms with E-state index in [0.717, 1.165) is 9.13 Å². The van der Waals surface area contributed by atoms with Crippen LogP contribution in [0.2, 0.25) is 0 Å². The third kappa shape index (κ3) is 3.66. The zero-order valence-electron chi connectivity index (χ0n) is 12.1. The summed E-state index contributed by atoms with van der Waals surface area (Å²) in [4.78, 5) is 12.2. The summed E-state index contributed by atoms with van der Waals surface area (Å²) in [6.45, 7) is 1.91. The predicted molar refractivity (Wildman–Crippen MR) is 91.4 cm³/mol. The lowest BCUT2D eigenvalue weighted by molar-refractivity contribution is 0.102. The largest absolute Gasteiger partial charge is 0.493 e. The lowest BCUT2D eigenvalue weighted by Gasteiger charge is -2.13. The van der Waals surface area contributed by atoms with E-state index in [2.05, 4.69) is 27.9 Å². The molecule has 110 valence electrons. The Morgan fingerprint density at radius 1 is 1.05 bits per heavy atom. The minimum Gasteiger partial charge on any atom is -0.493 e. The second kappa shape index (κ2) is 6.80. The Morgan fingerprint density at radius 2 is 1.62 bits per heavy atom. The van der Waals surface area contributed by atoms with Crippen LogP contribution in [0.15, 0.2) is 36.4 Å². The highest BCUT2D eigenvalue weighted by Gasteiger charge is 2.12. The van der Waals surface area contributed by atoms with Crippen molar-refractivity contribution in [2.75, 3.05) is 19.5 Å². The smallest absolute Gasteiger partial charge is 0.255 e. The van der Waals surface area contributed by atoms with Gasteiger partial charge in [0.2, 0.25) is 0 Å². The van der Waals surface area contributed by atoms with E-state index < -0.39 is 0 Å². The maximum atomic E-state index is 12.2. The molecule has 0 unspecified atom stereocenters. The van der Waals surface area contributed by atoms with E-state index in [0.29, 0.717) is 22.7 Å². The topological polar surface area (TPSA) is 47.6 Å². The number of rotatable bonds is 4. The molecule has 4 nitrogen and oxygen atoms in total. The molecule has 0 saturated carbocycles. The fourth-order valence-electron chi connectivity index (χ4n) is 1.91. The maximum absolute atomic E-state index is 12.2. The summed E-state index contributed by atoms with van der Waals surface area (Å²) in [5.74, 6) is 1.07. The first-order chi connectivity index (χ1) is 10.0. The van der Waals surface area contributed by atoms with E-state index in [-0.39, 0.29) is 5.91 Å². The van der Waals surface area contributed by atoms with Gasteiger partial charge in [-0.25, -0.2) is 0 Å². The van der Waals surface area contributed by atoms with Crippen LogP contribution >= 0.6 is 22.6 Å². The molecule has 0 aliphatic rings. The van der Waals surface area contributed by atoms with Crippen molar-refractivity contribution in [3.05, 3.63) is 51.1 Å². The number of halogens is 1. The molecule has 0 saturated heterocycles. The number of aryl methyl sites for hydroxylation is 1. The Hall–Kier alpha value is -1.76. The van der Waals surface area contributed by atoms with Crippen LogP contribution < -0.4 is 14.8 Å². The number of methoxy groups -OCH3 is 2. The van der Waals surface area contributed by atoms with Gasteiger partial charge < -0.3 is 14.8 Å². The lowest BCUT2D eigenvalue weighted by Crippen LogP contribution is -2.13. The highest BCUT2D eigenvalue weighted by atomic mass is 127. The quantitative estimate of drug-likeness (QED) is 0.797. The molecule has 0 bridgehead atoms. The minimum atomic E-state index is -0.151. The van der Waals surface area contributed by atoms with Gasteiger partial charge in [-0.2, -0.15) is 0 Å². The summed E-state index contributed by atoms with van der Waals surface area (Å²) < 4.78 is 11.6. The Bertz CT molecular complexity index is 653. The van der Waals surface area contributed by atoms with Crippen molar-refractivity contribution in [2.45, 2.75) is 6.92 Å². The molecule has 1 amide bonds. The van der Waals surface area contributed by atoms with E-state index in [1.54, 1.807) is 32.4 Å². The second-order valence-corrected chi connectivity index (χ2v) is 5.73. The van der Waals surface area contributed by atoms with E-state index in [1.165, 1.54) is 0 Å². The van der Waals surface area contributed by atoms with Crippen molar-refractivity contribution in [3.63, 3.8) is 0 Å². The number of benzene rings is 2. The zero-order valence-corrected chi connectivity index (χ0v) is 14.2. The summed E-state index contributed by atoms with van der Waals surface area (Å²) in [7, 11) is 3.15. The van der Waals surface area contributed by atoms with Crippen molar-refractivity contribution in [1.29, 1.82) is 0 Å². The SMILES string of the molecule is COc1cc(C)c(NC(=O)c2ccc(I)cc2)cc1OC. The Labute approximate surface area is 137 Å². The monoisotopic (exact) mass is 397 g/mol. The Balaban J connectivity index is 2.26. The Morgan fingerprint density at radius 3 is 2.19 bits per heavy atom. The van der Waals surface area contributed by atoms with Gasteiger partial charge in [-0.3, -0.25) is 4.79 Å². The number of amides is 1.